The number of nitrogens with zero attached hydrogens (tertiary/aromatic N) is 4. The zero-order valence-electron chi connectivity index (χ0n) is 13.4. The van der Waals surface area contributed by atoms with Crippen molar-refractivity contribution in [1.29, 1.82) is 0 Å². The molecule has 2 N–H and O–H groups in total. The van der Waals surface area contributed by atoms with Gasteiger partial charge < -0.3 is 15.4 Å². The molecule has 0 bridgehead atoms. The van der Waals surface area contributed by atoms with Crippen molar-refractivity contribution in [2.24, 2.45) is 0 Å². The maximum absolute atomic E-state index is 11.9. The fraction of sp³-hybridized carbons (Fsp3) is 0.467. The molecule has 0 aliphatic heterocycles. The van der Waals surface area contributed by atoms with Gasteiger partial charge in [-0.3, -0.25) is 4.79 Å². The zero-order valence-corrected chi connectivity index (χ0v) is 14.3. The van der Waals surface area contributed by atoms with Gasteiger partial charge in [-0.1, -0.05) is 12.1 Å². The first-order chi connectivity index (χ1) is 11.3. The Kier molecular flexibility index (Phi) is 6.65. The molecule has 1 fully saturated rings. The Morgan fingerprint density at radius 2 is 2.25 bits per heavy atom. The number of tetrazole rings is 1. The van der Waals surface area contributed by atoms with Gasteiger partial charge >= 0.3 is 0 Å². The number of aromatic nitrogens is 4. The lowest BCUT2D eigenvalue weighted by molar-refractivity contribution is -0.115. The number of carbonyl (C=O) groups excluding carboxylic acids is 1. The van der Waals surface area contributed by atoms with E-state index in [2.05, 4.69) is 26.2 Å². The minimum Gasteiger partial charge on any atom is -0.383 e. The van der Waals surface area contributed by atoms with Crippen molar-refractivity contribution in [2.45, 2.75) is 18.9 Å². The van der Waals surface area contributed by atoms with Crippen LogP contribution in [0.5, 0.6) is 0 Å². The molecule has 1 amide bonds. The number of anilines is 1. The third-order valence-electron chi connectivity index (χ3n) is 3.56. The molecule has 1 aromatic carbocycles. The van der Waals surface area contributed by atoms with Crippen LogP contribution in [0.2, 0.25) is 0 Å². The Labute approximate surface area is 146 Å². The Balaban J connectivity index is 0.00000208. The van der Waals surface area contributed by atoms with Crippen LogP contribution in [0.3, 0.4) is 0 Å². The monoisotopic (exact) mass is 352 g/mol. The normalized spacial score (nSPS) is 13.4. The summed E-state index contributed by atoms with van der Waals surface area (Å²) in [6.07, 6.45) is 2.23. The summed E-state index contributed by atoms with van der Waals surface area (Å²) in [5.74, 6) is 0.641. The van der Waals surface area contributed by atoms with Crippen LogP contribution >= 0.6 is 12.4 Å². The van der Waals surface area contributed by atoms with E-state index in [1.54, 1.807) is 7.11 Å². The number of carbonyl (C=O) groups is 1. The Morgan fingerprint density at radius 1 is 1.42 bits per heavy atom. The lowest BCUT2D eigenvalue weighted by atomic mass is 10.2. The van der Waals surface area contributed by atoms with Crippen molar-refractivity contribution in [3.8, 4) is 11.4 Å². The predicted octanol–water partition coefficient (Wildman–Crippen LogP) is 1.27. The second-order valence-electron chi connectivity index (χ2n) is 5.48. The SMILES string of the molecule is COCCNCC(=O)Nc1cccc(-c2nnnn2C2CC2)c1.Cl. The maximum atomic E-state index is 11.9. The van der Waals surface area contributed by atoms with E-state index in [1.807, 2.05) is 28.9 Å². The lowest BCUT2D eigenvalue weighted by Gasteiger charge is -2.08. The number of nitrogens with one attached hydrogen (secondary N) is 2. The highest BCUT2D eigenvalue weighted by Crippen LogP contribution is 2.36. The van der Waals surface area contributed by atoms with Crippen LogP contribution < -0.4 is 10.6 Å². The van der Waals surface area contributed by atoms with Gasteiger partial charge in [0.15, 0.2) is 5.82 Å². The van der Waals surface area contributed by atoms with E-state index >= 15 is 0 Å². The minimum absolute atomic E-state index is 0. The number of amides is 1. The van der Waals surface area contributed by atoms with Gasteiger partial charge in [-0.25, -0.2) is 4.68 Å². The number of benzene rings is 1. The van der Waals surface area contributed by atoms with Crippen LogP contribution in [0.4, 0.5) is 5.69 Å². The van der Waals surface area contributed by atoms with Gasteiger partial charge in [0.1, 0.15) is 0 Å². The number of hydrogen-bond acceptors (Lipinski definition) is 6. The molecule has 0 saturated heterocycles. The average molecular weight is 353 g/mol. The molecule has 24 heavy (non-hydrogen) atoms. The topological polar surface area (TPSA) is 94.0 Å². The van der Waals surface area contributed by atoms with Crippen LogP contribution in [0, 0.1) is 0 Å². The summed E-state index contributed by atoms with van der Waals surface area (Å²) in [5, 5.41) is 17.8. The molecule has 0 atom stereocenters. The van der Waals surface area contributed by atoms with Crippen molar-refractivity contribution in [2.75, 3.05) is 32.1 Å². The van der Waals surface area contributed by atoms with Crippen LogP contribution in [0.15, 0.2) is 24.3 Å². The van der Waals surface area contributed by atoms with Crippen molar-refractivity contribution < 1.29 is 9.53 Å². The summed E-state index contributed by atoms with van der Waals surface area (Å²) in [4.78, 5) is 11.9. The van der Waals surface area contributed by atoms with E-state index in [1.165, 1.54) is 0 Å². The highest BCUT2D eigenvalue weighted by molar-refractivity contribution is 5.92. The standard InChI is InChI=1S/C15H20N6O2.ClH/c1-23-8-7-16-10-14(22)17-12-4-2-3-11(9-12)15-18-19-20-21(15)13-5-6-13;/h2-4,9,13,16H,5-8,10H2,1H3,(H,17,22);1H. The molecule has 130 valence electrons. The van der Waals surface area contributed by atoms with Crippen LogP contribution in [0.1, 0.15) is 18.9 Å². The molecule has 1 aliphatic carbocycles. The highest BCUT2D eigenvalue weighted by Gasteiger charge is 2.28. The molecule has 1 aromatic heterocycles. The largest absolute Gasteiger partial charge is 0.383 e. The summed E-state index contributed by atoms with van der Waals surface area (Å²) < 4.78 is 6.77. The molecule has 3 rings (SSSR count). The Morgan fingerprint density at radius 3 is 3.00 bits per heavy atom. The molecule has 1 aliphatic rings. The number of ether oxygens (including phenoxy) is 1. The fourth-order valence-electron chi connectivity index (χ4n) is 2.27. The van der Waals surface area contributed by atoms with E-state index in [9.17, 15) is 4.79 Å². The molecule has 1 heterocycles. The number of hydrogen-bond donors (Lipinski definition) is 2. The van der Waals surface area contributed by atoms with Crippen LogP contribution in [-0.4, -0.2) is 52.9 Å². The van der Waals surface area contributed by atoms with Gasteiger partial charge in [-0.05, 0) is 35.4 Å². The first kappa shape index (κ1) is 18.3. The molecule has 0 radical (unpaired) electrons. The van der Waals surface area contributed by atoms with Crippen LogP contribution in [-0.2, 0) is 9.53 Å². The summed E-state index contributed by atoms with van der Waals surface area (Å²) in [6, 6.07) is 7.97. The molecule has 8 nitrogen and oxygen atoms in total. The van der Waals surface area contributed by atoms with E-state index in [4.69, 9.17) is 4.74 Å². The molecular weight excluding hydrogens is 332 g/mol. The smallest absolute Gasteiger partial charge is 0.238 e. The summed E-state index contributed by atoms with van der Waals surface area (Å²) in [7, 11) is 1.63. The summed E-state index contributed by atoms with van der Waals surface area (Å²) >= 11 is 0. The van der Waals surface area contributed by atoms with Crippen molar-refractivity contribution >= 4 is 24.0 Å². The van der Waals surface area contributed by atoms with Gasteiger partial charge in [0.2, 0.25) is 5.91 Å². The third-order valence-corrected chi connectivity index (χ3v) is 3.56. The molecule has 2 aromatic rings. The second kappa shape index (κ2) is 8.72. The van der Waals surface area contributed by atoms with Crippen molar-refractivity contribution in [3.63, 3.8) is 0 Å². The molecular formula is C15H21ClN6O2. The summed E-state index contributed by atoms with van der Waals surface area (Å²) in [6.45, 7) is 1.46. The van der Waals surface area contributed by atoms with Gasteiger partial charge in [0, 0.05) is 24.9 Å². The number of halogens is 1. The van der Waals surface area contributed by atoms with Gasteiger partial charge in [0.25, 0.3) is 0 Å². The van der Waals surface area contributed by atoms with E-state index in [0.717, 1.165) is 29.9 Å². The predicted molar refractivity (Wildman–Crippen MR) is 92.1 cm³/mol. The Hall–Kier alpha value is -2.03. The van der Waals surface area contributed by atoms with Gasteiger partial charge in [-0.15, -0.1) is 17.5 Å². The fourth-order valence-corrected chi connectivity index (χ4v) is 2.27. The lowest BCUT2D eigenvalue weighted by Crippen LogP contribution is -2.30. The van der Waals surface area contributed by atoms with E-state index in [-0.39, 0.29) is 24.9 Å². The van der Waals surface area contributed by atoms with Crippen molar-refractivity contribution in [1.82, 2.24) is 25.5 Å². The summed E-state index contributed by atoms with van der Waals surface area (Å²) in [5.41, 5.74) is 1.62. The quantitative estimate of drug-likeness (QED) is 0.695. The first-order valence-electron chi connectivity index (χ1n) is 7.65. The number of methoxy groups -OCH3 is 1. The third kappa shape index (κ3) is 4.73. The molecule has 9 heteroatoms. The van der Waals surface area contributed by atoms with E-state index < -0.39 is 0 Å². The molecule has 0 unspecified atom stereocenters. The maximum Gasteiger partial charge on any atom is 0.238 e. The molecule has 1 saturated carbocycles. The van der Waals surface area contributed by atoms with Crippen molar-refractivity contribution in [3.05, 3.63) is 24.3 Å². The van der Waals surface area contributed by atoms with E-state index in [0.29, 0.717) is 19.2 Å². The molecule has 0 spiro atoms. The van der Waals surface area contributed by atoms with Gasteiger partial charge in [-0.2, -0.15) is 0 Å². The highest BCUT2D eigenvalue weighted by atomic mass is 35.5. The number of rotatable bonds is 8. The zero-order chi connectivity index (χ0) is 16.1. The Bertz CT molecular complexity index is 673. The van der Waals surface area contributed by atoms with Gasteiger partial charge in [0.05, 0.1) is 19.2 Å². The van der Waals surface area contributed by atoms with Crippen LogP contribution in [0.25, 0.3) is 11.4 Å². The minimum atomic E-state index is -0.0972. The average Bonchev–Trinajstić information content (AvgIpc) is 3.28. The first-order valence-corrected chi connectivity index (χ1v) is 7.65. The second-order valence-corrected chi connectivity index (χ2v) is 5.48.